The number of aryl methyl sites for hydroxylation is 1. The summed E-state index contributed by atoms with van der Waals surface area (Å²) in [5.41, 5.74) is 8.73. The fraction of sp³-hybridized carbons (Fsp3) is 0.176. The summed E-state index contributed by atoms with van der Waals surface area (Å²) >= 11 is 1.88. The van der Waals surface area contributed by atoms with E-state index in [-0.39, 0.29) is 5.84 Å². The molecule has 0 radical (unpaired) electrons. The average Bonchev–Trinajstić information content (AvgIpc) is 3.29. The van der Waals surface area contributed by atoms with Gasteiger partial charge in [-0.2, -0.15) is 0 Å². The van der Waals surface area contributed by atoms with Crippen molar-refractivity contribution in [2.45, 2.75) is 6.92 Å². The van der Waals surface area contributed by atoms with Crippen LogP contribution in [0.3, 0.4) is 0 Å². The molecule has 0 amide bonds. The fourth-order valence-electron chi connectivity index (χ4n) is 2.05. The van der Waals surface area contributed by atoms with E-state index in [1.165, 1.54) is 18.4 Å². The third-order valence-electron chi connectivity index (χ3n) is 3.31. The van der Waals surface area contributed by atoms with Gasteiger partial charge in [0.2, 0.25) is 11.3 Å². The summed E-state index contributed by atoms with van der Waals surface area (Å²) in [6.45, 7) is 2.04. The van der Waals surface area contributed by atoms with Gasteiger partial charge in [-0.15, -0.1) is 22.7 Å². The van der Waals surface area contributed by atoms with Gasteiger partial charge in [0.25, 0.3) is 0 Å². The topological polar surface area (TPSA) is 101 Å². The molecule has 0 saturated carbocycles. The van der Waals surface area contributed by atoms with E-state index in [4.69, 9.17) is 16.1 Å². The van der Waals surface area contributed by atoms with Gasteiger partial charge in [0.15, 0.2) is 0 Å². The summed E-state index contributed by atoms with van der Waals surface area (Å²) in [6.07, 6.45) is 0. The minimum absolute atomic E-state index is 0.115. The number of amidine groups is 1. The molecule has 4 N–H and O–H groups in total. The molecule has 9 heteroatoms. The molecular formula is C17H20N4O2S3. The van der Waals surface area contributed by atoms with Crippen molar-refractivity contribution in [3.63, 3.8) is 0 Å². The maximum atomic E-state index is 9.96. The van der Waals surface area contributed by atoms with Crippen molar-refractivity contribution in [2.75, 3.05) is 14.2 Å². The lowest BCUT2D eigenvalue weighted by atomic mass is 10.2. The minimum atomic E-state index is -1.28. The Bertz CT molecular complexity index is 885. The van der Waals surface area contributed by atoms with Gasteiger partial charge in [0, 0.05) is 21.4 Å². The number of hydrogen-bond acceptors (Lipinski definition) is 6. The lowest BCUT2D eigenvalue weighted by molar-refractivity contribution is 0.440. The molecule has 2 aromatic heterocycles. The van der Waals surface area contributed by atoms with Crippen molar-refractivity contribution in [1.29, 1.82) is 5.41 Å². The van der Waals surface area contributed by atoms with E-state index in [0.29, 0.717) is 0 Å². The minimum Gasteiger partial charge on any atom is -0.383 e. The number of hydrogen-bond donors (Lipinski definition) is 3. The third kappa shape index (κ3) is 5.29. The van der Waals surface area contributed by atoms with Crippen LogP contribution in [0, 0.1) is 12.3 Å². The molecule has 1 unspecified atom stereocenters. The Balaban J connectivity index is 0.000000352. The summed E-state index contributed by atoms with van der Waals surface area (Å²) in [5.74, 6) is 0.115. The van der Waals surface area contributed by atoms with E-state index in [1.807, 2.05) is 31.2 Å². The average molecular weight is 409 g/mol. The first kappa shape index (κ1) is 20.4. The van der Waals surface area contributed by atoms with Crippen LogP contribution in [-0.2, 0) is 15.4 Å². The zero-order chi connectivity index (χ0) is 19.1. The summed E-state index contributed by atoms with van der Waals surface area (Å²) in [5, 5.41) is 10.6. The lowest BCUT2D eigenvalue weighted by Gasteiger charge is -1.95. The molecular weight excluding hydrogens is 388 g/mol. The maximum Gasteiger partial charge on any atom is 0.233 e. The quantitative estimate of drug-likeness (QED) is 0.444. The molecule has 0 spiro atoms. The summed E-state index contributed by atoms with van der Waals surface area (Å²) < 4.78 is 16.6. The number of thiophene rings is 1. The molecule has 3 aromatic rings. The van der Waals surface area contributed by atoms with Crippen molar-refractivity contribution in [2.24, 2.45) is 5.73 Å². The molecule has 0 aliphatic heterocycles. The van der Waals surface area contributed by atoms with E-state index in [2.05, 4.69) is 26.4 Å². The highest BCUT2D eigenvalue weighted by molar-refractivity contribution is 7.78. The number of nitrogens with two attached hydrogens (primary N) is 1. The second-order valence-corrected chi connectivity index (χ2v) is 8.33. The van der Waals surface area contributed by atoms with Gasteiger partial charge in [0.05, 0.1) is 17.7 Å². The Morgan fingerprint density at radius 3 is 2.54 bits per heavy atom. The first-order valence-electron chi connectivity index (χ1n) is 7.56. The number of nitrogens with one attached hydrogen (secondary N) is 2. The van der Waals surface area contributed by atoms with Crippen LogP contribution in [-0.4, -0.2) is 29.2 Å². The van der Waals surface area contributed by atoms with Gasteiger partial charge in [-0.3, -0.25) is 9.59 Å². The number of aromatic nitrogens is 1. The van der Waals surface area contributed by atoms with E-state index < -0.39 is 11.3 Å². The fourth-order valence-corrected chi connectivity index (χ4v) is 4.06. The second kappa shape index (κ2) is 9.70. The predicted octanol–water partition coefficient (Wildman–Crippen LogP) is 3.56. The molecule has 0 fully saturated rings. The van der Waals surface area contributed by atoms with Crippen LogP contribution in [0.15, 0.2) is 41.8 Å². The summed E-state index contributed by atoms with van der Waals surface area (Å²) in [7, 11) is 2.92. The first-order valence-corrected chi connectivity index (χ1v) is 10.3. The van der Waals surface area contributed by atoms with E-state index in [0.717, 1.165) is 31.6 Å². The maximum absolute atomic E-state index is 9.96. The van der Waals surface area contributed by atoms with E-state index in [9.17, 15) is 4.21 Å². The molecule has 0 aliphatic rings. The lowest BCUT2D eigenvalue weighted by Crippen LogP contribution is -2.10. The highest BCUT2D eigenvalue weighted by atomic mass is 32.2. The molecule has 0 saturated heterocycles. The number of rotatable bonds is 5. The molecule has 1 aromatic carbocycles. The van der Waals surface area contributed by atoms with Crippen molar-refractivity contribution < 1.29 is 8.39 Å². The molecule has 0 bridgehead atoms. The monoisotopic (exact) mass is 408 g/mol. The molecule has 3 rings (SSSR count). The van der Waals surface area contributed by atoms with Gasteiger partial charge in [-0.05, 0) is 20.0 Å². The van der Waals surface area contributed by atoms with Crippen molar-refractivity contribution in [3.05, 3.63) is 51.5 Å². The highest BCUT2D eigenvalue weighted by Gasteiger charge is 2.13. The molecule has 0 aliphatic carbocycles. The van der Waals surface area contributed by atoms with E-state index in [1.54, 1.807) is 18.4 Å². The smallest absolute Gasteiger partial charge is 0.233 e. The third-order valence-corrected chi connectivity index (χ3v) is 5.90. The Labute approximate surface area is 163 Å². The Morgan fingerprint density at radius 2 is 2.04 bits per heavy atom. The van der Waals surface area contributed by atoms with E-state index >= 15 is 0 Å². The standard InChI is InChI=1S/C15H13N3S2.C2H7NO2S/c1-9-11(7-13(20-9)14(16)17)15-18-12(8-19-15)10-5-3-2-4-6-10;1-3-6(4)5-2/h2-8H,1H3,(H3,16,17);3H,1-2H3. The Hall–Kier alpha value is -1.91. The molecule has 2 heterocycles. The summed E-state index contributed by atoms with van der Waals surface area (Å²) in [6, 6.07) is 12.1. The van der Waals surface area contributed by atoms with Crippen LogP contribution >= 0.6 is 22.7 Å². The van der Waals surface area contributed by atoms with Gasteiger partial charge >= 0.3 is 0 Å². The zero-order valence-electron chi connectivity index (χ0n) is 14.6. The van der Waals surface area contributed by atoms with Crippen molar-refractivity contribution in [3.8, 4) is 21.8 Å². The molecule has 6 nitrogen and oxygen atoms in total. The van der Waals surface area contributed by atoms with Crippen molar-refractivity contribution >= 4 is 39.8 Å². The molecule has 138 valence electrons. The van der Waals surface area contributed by atoms with Crippen LogP contribution in [0.2, 0.25) is 0 Å². The van der Waals surface area contributed by atoms with Gasteiger partial charge < -0.3 is 5.73 Å². The van der Waals surface area contributed by atoms with Crippen LogP contribution in [0.1, 0.15) is 9.75 Å². The van der Waals surface area contributed by atoms with Gasteiger partial charge in [-0.25, -0.2) is 13.9 Å². The van der Waals surface area contributed by atoms with Gasteiger partial charge in [0.1, 0.15) is 10.8 Å². The normalized spacial score (nSPS) is 11.5. The SMILES string of the molecule is CNS(=O)OC.Cc1sc(C(=N)N)cc1-c1nc(-c2ccccc2)cs1. The Morgan fingerprint density at radius 1 is 1.35 bits per heavy atom. The first-order chi connectivity index (χ1) is 12.5. The van der Waals surface area contributed by atoms with Gasteiger partial charge in [-0.1, -0.05) is 30.3 Å². The predicted molar refractivity (Wildman–Crippen MR) is 111 cm³/mol. The summed E-state index contributed by atoms with van der Waals surface area (Å²) in [4.78, 5) is 6.64. The van der Waals surface area contributed by atoms with Crippen LogP contribution < -0.4 is 10.5 Å². The zero-order valence-corrected chi connectivity index (χ0v) is 17.1. The number of benzene rings is 1. The second-order valence-electron chi connectivity index (χ2n) is 5.00. The molecule has 26 heavy (non-hydrogen) atoms. The largest absolute Gasteiger partial charge is 0.383 e. The van der Waals surface area contributed by atoms with Crippen LogP contribution in [0.5, 0.6) is 0 Å². The number of nitrogens with zero attached hydrogens (tertiary/aromatic N) is 1. The molecule has 1 atom stereocenters. The Kier molecular flexibility index (Phi) is 7.61. The van der Waals surface area contributed by atoms with Crippen LogP contribution in [0.4, 0.5) is 0 Å². The number of nitrogen functional groups attached to an aromatic ring is 1. The van der Waals surface area contributed by atoms with Crippen molar-refractivity contribution in [1.82, 2.24) is 9.71 Å². The van der Waals surface area contributed by atoms with Crippen LogP contribution in [0.25, 0.3) is 21.8 Å². The number of thiazole rings is 1. The highest BCUT2D eigenvalue weighted by Crippen LogP contribution is 2.34.